The Labute approximate surface area is 142 Å². The van der Waals surface area contributed by atoms with Gasteiger partial charge in [0.1, 0.15) is 0 Å². The lowest BCUT2D eigenvalue weighted by molar-refractivity contribution is 1.03. The van der Waals surface area contributed by atoms with Crippen LogP contribution in [0.5, 0.6) is 0 Å². The van der Waals surface area contributed by atoms with E-state index in [1.807, 2.05) is 29.7 Å². The van der Waals surface area contributed by atoms with E-state index in [2.05, 4.69) is 41.8 Å². The number of halogens is 3. The minimum Gasteiger partial charge on any atom is -0.329 e. The fraction of sp³-hybridized carbons (Fsp3) is 0.0769. The molecule has 0 unspecified atom stereocenters. The third kappa shape index (κ3) is 2.35. The number of aryl methyl sites for hydroxylation is 1. The van der Waals surface area contributed by atoms with Crippen molar-refractivity contribution in [1.29, 1.82) is 0 Å². The average molecular weight is 434 g/mol. The van der Waals surface area contributed by atoms with Crippen LogP contribution in [0.2, 0.25) is 5.02 Å². The van der Waals surface area contributed by atoms with Crippen molar-refractivity contribution in [2.24, 2.45) is 0 Å². The normalized spacial score (nSPS) is 11.2. The van der Waals surface area contributed by atoms with Crippen LogP contribution in [0.1, 0.15) is 5.56 Å². The molecule has 3 aromatic rings. The van der Waals surface area contributed by atoms with Gasteiger partial charge in [0.25, 0.3) is 0 Å². The van der Waals surface area contributed by atoms with Crippen LogP contribution in [-0.4, -0.2) is 14.5 Å². The minimum atomic E-state index is 0.575. The highest BCUT2D eigenvalue weighted by Gasteiger charge is 2.12. The number of benzene rings is 1. The van der Waals surface area contributed by atoms with Crippen LogP contribution in [0, 0.1) is 11.7 Å². The van der Waals surface area contributed by atoms with Crippen LogP contribution in [-0.2, 0) is 0 Å². The van der Waals surface area contributed by atoms with Crippen molar-refractivity contribution in [1.82, 2.24) is 14.5 Å². The molecule has 0 amide bonds. The first-order valence-electron chi connectivity index (χ1n) is 5.69. The molecule has 0 atom stereocenters. The topological polar surface area (TPSA) is 33.6 Å². The Morgan fingerprint density at radius 3 is 2.80 bits per heavy atom. The van der Waals surface area contributed by atoms with E-state index in [-0.39, 0.29) is 0 Å². The summed E-state index contributed by atoms with van der Waals surface area (Å²) >= 11 is 18.6. The molecule has 1 N–H and O–H groups in total. The highest BCUT2D eigenvalue weighted by atomic mass is 79.9. The molecular formula is C13H8Br2ClN3S. The maximum Gasteiger partial charge on any atom is 0.184 e. The summed E-state index contributed by atoms with van der Waals surface area (Å²) in [4.78, 5) is 7.57. The molecule has 0 bridgehead atoms. The standard InChI is InChI=1S/C13H8Br2ClN3S/c1-6-2-8(15)11(4-9(6)16)19-12-10(18-13(19)20)3-7(14)5-17-12/h2-5H,1H3,(H,18,20). The second-order valence-electron chi connectivity index (χ2n) is 4.34. The number of H-pyrrole nitrogens is 1. The number of nitrogens with zero attached hydrogens (tertiary/aromatic N) is 2. The summed E-state index contributed by atoms with van der Waals surface area (Å²) in [5.74, 6) is 0. The second kappa shape index (κ2) is 5.26. The SMILES string of the molecule is Cc1cc(Br)c(-n2c(=S)[nH]c3cc(Br)cnc32)cc1Cl. The second-order valence-corrected chi connectivity index (χ2v) is 6.91. The van der Waals surface area contributed by atoms with Gasteiger partial charge in [-0.1, -0.05) is 11.6 Å². The van der Waals surface area contributed by atoms with Crippen molar-refractivity contribution in [3.8, 4) is 5.69 Å². The summed E-state index contributed by atoms with van der Waals surface area (Å²) in [5.41, 5.74) is 3.50. The number of pyridine rings is 1. The van der Waals surface area contributed by atoms with E-state index in [0.717, 1.165) is 31.4 Å². The Kier molecular flexibility index (Phi) is 3.75. The monoisotopic (exact) mass is 431 g/mol. The highest BCUT2D eigenvalue weighted by Crippen LogP contribution is 2.30. The number of hydrogen-bond donors (Lipinski definition) is 1. The molecular weight excluding hydrogens is 425 g/mol. The molecule has 2 heterocycles. The summed E-state index contributed by atoms with van der Waals surface area (Å²) in [6, 6.07) is 5.79. The van der Waals surface area contributed by atoms with Crippen LogP contribution in [0.25, 0.3) is 16.9 Å². The summed E-state index contributed by atoms with van der Waals surface area (Å²) in [5, 5.41) is 0.691. The van der Waals surface area contributed by atoms with E-state index in [1.165, 1.54) is 0 Å². The first kappa shape index (κ1) is 14.3. The lowest BCUT2D eigenvalue weighted by Crippen LogP contribution is -1.97. The van der Waals surface area contributed by atoms with E-state index in [4.69, 9.17) is 23.8 Å². The Bertz CT molecular complexity index is 885. The number of aromatic amines is 1. The van der Waals surface area contributed by atoms with Gasteiger partial charge in [0.2, 0.25) is 0 Å². The fourth-order valence-electron chi connectivity index (χ4n) is 2.00. The number of imidazole rings is 1. The Balaban J connectivity index is 2.38. The molecule has 3 rings (SSSR count). The third-order valence-electron chi connectivity index (χ3n) is 2.96. The van der Waals surface area contributed by atoms with Crippen LogP contribution >= 0.6 is 55.7 Å². The lowest BCUT2D eigenvalue weighted by Gasteiger charge is -2.09. The molecule has 7 heteroatoms. The van der Waals surface area contributed by atoms with Crippen molar-refractivity contribution in [3.05, 3.63) is 48.7 Å². The molecule has 1 aromatic carbocycles. The van der Waals surface area contributed by atoms with E-state index in [9.17, 15) is 0 Å². The van der Waals surface area contributed by atoms with Gasteiger partial charge in [0, 0.05) is 20.2 Å². The molecule has 0 aliphatic carbocycles. The van der Waals surface area contributed by atoms with Crippen LogP contribution in [0.3, 0.4) is 0 Å². The molecule has 0 saturated carbocycles. The largest absolute Gasteiger partial charge is 0.329 e. The molecule has 3 nitrogen and oxygen atoms in total. The molecule has 0 saturated heterocycles. The Hall–Kier alpha value is -0.690. The molecule has 0 spiro atoms. The van der Waals surface area contributed by atoms with Gasteiger partial charge in [-0.25, -0.2) is 4.98 Å². The zero-order chi connectivity index (χ0) is 14.4. The molecule has 102 valence electrons. The molecule has 2 aromatic heterocycles. The fourth-order valence-corrected chi connectivity index (χ4v) is 3.42. The molecule has 20 heavy (non-hydrogen) atoms. The molecule has 0 aliphatic heterocycles. The zero-order valence-electron chi connectivity index (χ0n) is 10.2. The number of aromatic nitrogens is 3. The van der Waals surface area contributed by atoms with Gasteiger partial charge in [-0.05, 0) is 74.8 Å². The predicted octanol–water partition coefficient (Wildman–Crippen LogP) is 5.57. The zero-order valence-corrected chi connectivity index (χ0v) is 15.0. The minimum absolute atomic E-state index is 0.575. The summed E-state index contributed by atoms with van der Waals surface area (Å²) in [6.07, 6.45) is 1.74. The van der Waals surface area contributed by atoms with Crippen molar-refractivity contribution in [2.75, 3.05) is 0 Å². The molecule has 0 radical (unpaired) electrons. The number of rotatable bonds is 1. The van der Waals surface area contributed by atoms with Gasteiger partial charge in [-0.2, -0.15) is 0 Å². The van der Waals surface area contributed by atoms with E-state index in [1.54, 1.807) is 6.20 Å². The Morgan fingerprint density at radius 1 is 1.30 bits per heavy atom. The van der Waals surface area contributed by atoms with Crippen LogP contribution < -0.4 is 0 Å². The first-order valence-corrected chi connectivity index (χ1v) is 8.07. The van der Waals surface area contributed by atoms with Gasteiger partial charge in [-0.3, -0.25) is 4.57 Å². The van der Waals surface area contributed by atoms with Gasteiger partial charge in [-0.15, -0.1) is 0 Å². The van der Waals surface area contributed by atoms with Crippen molar-refractivity contribution >= 4 is 66.8 Å². The smallest absolute Gasteiger partial charge is 0.184 e. The summed E-state index contributed by atoms with van der Waals surface area (Å²) in [6.45, 7) is 1.96. The van der Waals surface area contributed by atoms with Crippen molar-refractivity contribution in [2.45, 2.75) is 6.92 Å². The van der Waals surface area contributed by atoms with E-state index >= 15 is 0 Å². The number of fused-ring (bicyclic) bond motifs is 1. The molecule has 0 aliphatic rings. The van der Waals surface area contributed by atoms with Crippen molar-refractivity contribution in [3.63, 3.8) is 0 Å². The highest BCUT2D eigenvalue weighted by molar-refractivity contribution is 9.10. The van der Waals surface area contributed by atoms with Crippen molar-refractivity contribution < 1.29 is 0 Å². The summed E-state index contributed by atoms with van der Waals surface area (Å²) < 4.78 is 4.26. The Morgan fingerprint density at radius 2 is 2.05 bits per heavy atom. The van der Waals surface area contributed by atoms with Gasteiger partial charge < -0.3 is 4.98 Å². The maximum atomic E-state index is 6.23. The molecule has 0 fully saturated rings. The quantitative estimate of drug-likeness (QED) is 0.509. The predicted molar refractivity (Wildman–Crippen MR) is 91.4 cm³/mol. The lowest BCUT2D eigenvalue weighted by atomic mass is 10.2. The van der Waals surface area contributed by atoms with Gasteiger partial charge in [0.15, 0.2) is 10.4 Å². The van der Waals surface area contributed by atoms with Gasteiger partial charge in [0.05, 0.1) is 11.2 Å². The van der Waals surface area contributed by atoms with E-state index < -0.39 is 0 Å². The van der Waals surface area contributed by atoms with Crippen LogP contribution in [0.15, 0.2) is 33.3 Å². The third-order valence-corrected chi connectivity index (χ3v) is 4.72. The number of hydrogen-bond acceptors (Lipinski definition) is 2. The summed E-state index contributed by atoms with van der Waals surface area (Å²) in [7, 11) is 0. The van der Waals surface area contributed by atoms with Crippen LogP contribution in [0.4, 0.5) is 0 Å². The average Bonchev–Trinajstić information content (AvgIpc) is 2.69. The number of nitrogens with one attached hydrogen (secondary N) is 1. The first-order chi connectivity index (χ1) is 9.47. The van der Waals surface area contributed by atoms with E-state index in [0.29, 0.717) is 9.79 Å². The maximum absolute atomic E-state index is 6.23. The van der Waals surface area contributed by atoms with Gasteiger partial charge >= 0.3 is 0 Å².